The third-order valence-corrected chi connectivity index (χ3v) is 6.15. The van der Waals surface area contributed by atoms with Gasteiger partial charge in [0.05, 0.1) is 0 Å². The van der Waals surface area contributed by atoms with Crippen molar-refractivity contribution in [1.82, 2.24) is 5.32 Å². The highest BCUT2D eigenvalue weighted by Gasteiger charge is 2.49. The summed E-state index contributed by atoms with van der Waals surface area (Å²) >= 11 is 3.52. The Balaban J connectivity index is 1.54. The van der Waals surface area contributed by atoms with Crippen molar-refractivity contribution in [2.45, 2.75) is 70.4 Å². The molecule has 2 bridgehead atoms. The van der Waals surface area contributed by atoms with Crippen LogP contribution in [-0.4, -0.2) is 23.8 Å². The molecule has 0 unspecified atom stereocenters. The summed E-state index contributed by atoms with van der Waals surface area (Å²) in [6.45, 7) is 6.73. The standard InChI is InChI=1S/C20H29BrN2O2/c1-18(2,3)25-17(24)23-20-10-7-19(8-11-20,9-12-20)14-22-16-6-4-5-15(21)13-16/h4-6,13,22H,7-12,14H2,1-3H3,(H,23,24). The van der Waals surface area contributed by atoms with E-state index in [0.29, 0.717) is 5.41 Å². The van der Waals surface area contributed by atoms with E-state index in [1.54, 1.807) is 0 Å². The van der Waals surface area contributed by atoms with Crippen molar-refractivity contribution >= 4 is 27.7 Å². The molecule has 1 aromatic rings. The Labute approximate surface area is 159 Å². The molecule has 3 fully saturated rings. The van der Waals surface area contributed by atoms with Crippen LogP contribution in [0.1, 0.15) is 59.3 Å². The Kier molecular flexibility index (Phi) is 5.06. The number of nitrogens with one attached hydrogen (secondary N) is 2. The summed E-state index contributed by atoms with van der Waals surface area (Å²) in [5.74, 6) is 0. The van der Waals surface area contributed by atoms with E-state index in [-0.39, 0.29) is 11.6 Å². The highest BCUT2D eigenvalue weighted by Crippen LogP contribution is 2.52. The van der Waals surface area contributed by atoms with Gasteiger partial charge in [0.25, 0.3) is 0 Å². The number of hydrogen-bond acceptors (Lipinski definition) is 3. The smallest absolute Gasteiger partial charge is 0.408 e. The quantitative estimate of drug-likeness (QED) is 0.693. The lowest BCUT2D eigenvalue weighted by Gasteiger charge is -2.53. The molecule has 1 aromatic carbocycles. The van der Waals surface area contributed by atoms with Crippen LogP contribution < -0.4 is 10.6 Å². The van der Waals surface area contributed by atoms with Gasteiger partial charge in [-0.2, -0.15) is 0 Å². The third-order valence-electron chi connectivity index (χ3n) is 5.66. The number of halogens is 1. The first kappa shape index (κ1) is 18.6. The van der Waals surface area contributed by atoms with Crippen molar-refractivity contribution in [2.75, 3.05) is 11.9 Å². The van der Waals surface area contributed by atoms with Gasteiger partial charge in [0.1, 0.15) is 5.60 Å². The largest absolute Gasteiger partial charge is 0.444 e. The minimum Gasteiger partial charge on any atom is -0.444 e. The Morgan fingerprint density at radius 2 is 1.80 bits per heavy atom. The number of alkyl carbamates (subject to hydrolysis) is 1. The molecule has 0 saturated heterocycles. The van der Waals surface area contributed by atoms with Crippen LogP contribution in [0.5, 0.6) is 0 Å². The van der Waals surface area contributed by atoms with E-state index < -0.39 is 5.60 Å². The third kappa shape index (κ3) is 4.69. The molecule has 3 aliphatic rings. The molecule has 0 heterocycles. The average molecular weight is 409 g/mol. The van der Waals surface area contributed by atoms with Crippen LogP contribution in [0, 0.1) is 5.41 Å². The molecule has 0 atom stereocenters. The summed E-state index contributed by atoms with van der Waals surface area (Å²) < 4.78 is 6.56. The molecule has 1 amide bonds. The van der Waals surface area contributed by atoms with Crippen LogP contribution in [0.25, 0.3) is 0 Å². The summed E-state index contributed by atoms with van der Waals surface area (Å²) in [6, 6.07) is 8.33. The SMILES string of the molecule is CC(C)(C)OC(=O)NC12CCC(CNc3cccc(Br)c3)(CC1)CC2. The second-order valence-electron chi connectivity index (χ2n) is 8.77. The molecule has 0 aliphatic heterocycles. The topological polar surface area (TPSA) is 50.4 Å². The fraction of sp³-hybridized carbons (Fsp3) is 0.650. The summed E-state index contributed by atoms with van der Waals surface area (Å²) in [5, 5.41) is 6.80. The van der Waals surface area contributed by atoms with Crippen LogP contribution in [0.4, 0.5) is 10.5 Å². The van der Waals surface area contributed by atoms with Crippen molar-refractivity contribution in [1.29, 1.82) is 0 Å². The predicted molar refractivity (Wildman–Crippen MR) is 105 cm³/mol. The molecule has 138 valence electrons. The molecule has 3 saturated carbocycles. The fourth-order valence-corrected chi connectivity index (χ4v) is 4.52. The summed E-state index contributed by atoms with van der Waals surface area (Å²) in [6.07, 6.45) is 6.34. The number of hydrogen-bond donors (Lipinski definition) is 2. The molecular formula is C20H29BrN2O2. The maximum atomic E-state index is 12.2. The lowest BCUT2D eigenvalue weighted by atomic mass is 9.57. The maximum absolute atomic E-state index is 12.2. The maximum Gasteiger partial charge on any atom is 0.408 e. The zero-order chi connectivity index (χ0) is 18.1. The minimum atomic E-state index is -0.443. The predicted octanol–water partition coefficient (Wildman–Crippen LogP) is 5.48. The number of rotatable bonds is 4. The van der Waals surface area contributed by atoms with Gasteiger partial charge in [-0.25, -0.2) is 4.79 Å². The van der Waals surface area contributed by atoms with Gasteiger partial charge >= 0.3 is 6.09 Å². The van der Waals surface area contributed by atoms with Gasteiger partial charge in [0.15, 0.2) is 0 Å². The number of fused-ring (bicyclic) bond motifs is 3. The van der Waals surface area contributed by atoms with Crippen LogP contribution >= 0.6 is 15.9 Å². The molecule has 4 nitrogen and oxygen atoms in total. The normalized spacial score (nSPS) is 28.5. The van der Waals surface area contributed by atoms with Gasteiger partial charge < -0.3 is 15.4 Å². The lowest BCUT2D eigenvalue weighted by molar-refractivity contribution is 0.00953. The number of ether oxygens (including phenoxy) is 1. The molecule has 0 aromatic heterocycles. The zero-order valence-corrected chi connectivity index (χ0v) is 17.0. The van der Waals surface area contributed by atoms with E-state index in [9.17, 15) is 4.79 Å². The van der Waals surface area contributed by atoms with E-state index in [0.717, 1.165) is 55.2 Å². The van der Waals surface area contributed by atoms with Crippen molar-refractivity contribution in [3.8, 4) is 0 Å². The first-order chi connectivity index (χ1) is 11.7. The van der Waals surface area contributed by atoms with E-state index in [2.05, 4.69) is 44.8 Å². The van der Waals surface area contributed by atoms with Crippen LogP contribution in [0.3, 0.4) is 0 Å². The van der Waals surface area contributed by atoms with Gasteiger partial charge in [-0.05, 0) is 82.9 Å². The summed E-state index contributed by atoms with van der Waals surface area (Å²) in [7, 11) is 0. The molecule has 3 aliphatic carbocycles. The number of anilines is 1. The summed E-state index contributed by atoms with van der Waals surface area (Å²) in [5.41, 5.74) is 1.03. The number of carbonyl (C=O) groups excluding carboxylic acids is 1. The van der Waals surface area contributed by atoms with Gasteiger partial charge in [0, 0.05) is 22.2 Å². The van der Waals surface area contributed by atoms with Crippen molar-refractivity contribution in [2.24, 2.45) is 5.41 Å². The van der Waals surface area contributed by atoms with Crippen LogP contribution in [0.2, 0.25) is 0 Å². The van der Waals surface area contributed by atoms with Crippen molar-refractivity contribution < 1.29 is 9.53 Å². The highest BCUT2D eigenvalue weighted by molar-refractivity contribution is 9.10. The lowest BCUT2D eigenvalue weighted by Crippen LogP contribution is -2.58. The Bertz CT molecular complexity index is 614. The monoisotopic (exact) mass is 408 g/mol. The number of carbonyl (C=O) groups is 1. The van der Waals surface area contributed by atoms with Crippen molar-refractivity contribution in [3.05, 3.63) is 28.7 Å². The molecule has 2 N–H and O–H groups in total. The molecule has 5 heteroatoms. The Hall–Kier alpha value is -1.23. The first-order valence-corrected chi connectivity index (χ1v) is 9.99. The molecule has 25 heavy (non-hydrogen) atoms. The second kappa shape index (κ2) is 6.82. The number of amides is 1. The van der Waals surface area contributed by atoms with E-state index >= 15 is 0 Å². The van der Waals surface area contributed by atoms with Gasteiger partial charge in [-0.15, -0.1) is 0 Å². The highest BCUT2D eigenvalue weighted by atomic mass is 79.9. The van der Waals surface area contributed by atoms with Crippen molar-refractivity contribution in [3.63, 3.8) is 0 Å². The molecular weight excluding hydrogens is 380 g/mol. The van der Waals surface area contributed by atoms with Crippen LogP contribution in [0.15, 0.2) is 28.7 Å². The molecule has 0 spiro atoms. The number of benzene rings is 1. The molecule has 4 rings (SSSR count). The minimum absolute atomic E-state index is 0.0557. The van der Waals surface area contributed by atoms with E-state index in [1.165, 1.54) is 0 Å². The second-order valence-corrected chi connectivity index (χ2v) is 9.69. The zero-order valence-electron chi connectivity index (χ0n) is 15.5. The summed E-state index contributed by atoms with van der Waals surface area (Å²) in [4.78, 5) is 12.2. The van der Waals surface area contributed by atoms with Gasteiger partial charge in [0.2, 0.25) is 0 Å². The van der Waals surface area contributed by atoms with Crippen LogP contribution in [-0.2, 0) is 4.74 Å². The Morgan fingerprint density at radius 3 is 2.36 bits per heavy atom. The van der Waals surface area contributed by atoms with Gasteiger partial charge in [-0.1, -0.05) is 22.0 Å². The van der Waals surface area contributed by atoms with E-state index in [1.807, 2.05) is 26.8 Å². The Morgan fingerprint density at radius 1 is 1.16 bits per heavy atom. The fourth-order valence-electron chi connectivity index (χ4n) is 4.12. The van der Waals surface area contributed by atoms with E-state index in [4.69, 9.17) is 4.74 Å². The van der Waals surface area contributed by atoms with Gasteiger partial charge in [-0.3, -0.25) is 0 Å². The first-order valence-electron chi connectivity index (χ1n) is 9.20. The molecule has 0 radical (unpaired) electrons. The average Bonchev–Trinajstić information content (AvgIpc) is 2.53.